The lowest BCUT2D eigenvalue weighted by Crippen LogP contribution is -2.44. The van der Waals surface area contributed by atoms with Crippen molar-refractivity contribution in [2.75, 3.05) is 33.7 Å². The van der Waals surface area contributed by atoms with Crippen LogP contribution < -0.4 is 5.32 Å². The van der Waals surface area contributed by atoms with Crippen molar-refractivity contribution < 1.29 is 21.6 Å². The van der Waals surface area contributed by atoms with E-state index in [2.05, 4.69) is 5.32 Å². The molecule has 0 radical (unpaired) electrons. The van der Waals surface area contributed by atoms with Crippen LogP contribution in [0.4, 0.5) is 13.2 Å². The Morgan fingerprint density at radius 1 is 1.16 bits per heavy atom. The topological polar surface area (TPSA) is 52.7 Å². The highest BCUT2D eigenvalue weighted by Gasteiger charge is 2.35. The van der Waals surface area contributed by atoms with Gasteiger partial charge in [-0.1, -0.05) is 13.8 Å². The summed E-state index contributed by atoms with van der Waals surface area (Å²) in [5.74, 6) is 0. The Bertz CT molecular complexity index is 358. The molecule has 19 heavy (non-hydrogen) atoms. The molecule has 0 amide bonds. The molecule has 0 spiro atoms. The van der Waals surface area contributed by atoms with Crippen molar-refractivity contribution in [3.63, 3.8) is 0 Å². The van der Waals surface area contributed by atoms with E-state index in [4.69, 9.17) is 0 Å². The molecule has 0 aliphatic carbocycles. The van der Waals surface area contributed by atoms with Crippen LogP contribution in [0.5, 0.6) is 0 Å². The smallest absolute Gasteiger partial charge is 0.314 e. The van der Waals surface area contributed by atoms with Gasteiger partial charge in [-0.3, -0.25) is 0 Å². The lowest BCUT2D eigenvalue weighted by Gasteiger charge is -2.25. The molecule has 0 aromatic carbocycles. The quantitative estimate of drug-likeness (QED) is 0.682. The Morgan fingerprint density at radius 2 is 1.68 bits per heavy atom. The minimum Gasteiger partial charge on any atom is -0.314 e. The van der Waals surface area contributed by atoms with Crippen molar-refractivity contribution in [3.8, 4) is 0 Å². The van der Waals surface area contributed by atoms with E-state index in [0.717, 1.165) is 11.4 Å². The number of hydrogen-bond acceptors (Lipinski definition) is 3. The van der Waals surface area contributed by atoms with E-state index in [9.17, 15) is 21.6 Å². The fourth-order valence-corrected chi connectivity index (χ4v) is 2.53. The third-order valence-corrected chi connectivity index (χ3v) is 4.28. The van der Waals surface area contributed by atoms with Crippen LogP contribution in [-0.4, -0.2) is 63.0 Å². The van der Waals surface area contributed by atoms with Crippen LogP contribution >= 0.6 is 0 Å². The highest BCUT2D eigenvalue weighted by atomic mass is 32.2. The summed E-state index contributed by atoms with van der Waals surface area (Å²) < 4.78 is 61.3. The zero-order valence-electron chi connectivity index (χ0n) is 11.7. The summed E-state index contributed by atoms with van der Waals surface area (Å²) in [5, 5.41) is 3.10. The maximum Gasteiger partial charge on any atom is 0.402 e. The molecule has 0 aromatic heterocycles. The van der Waals surface area contributed by atoms with Gasteiger partial charge in [0.25, 0.3) is 10.2 Å². The Morgan fingerprint density at radius 3 is 2.11 bits per heavy atom. The molecule has 0 atom stereocenters. The van der Waals surface area contributed by atoms with Gasteiger partial charge < -0.3 is 5.32 Å². The summed E-state index contributed by atoms with van der Waals surface area (Å²) in [6.07, 6.45) is -4.00. The van der Waals surface area contributed by atoms with E-state index in [-0.39, 0.29) is 12.6 Å². The second-order valence-electron chi connectivity index (χ2n) is 4.66. The first-order valence-corrected chi connectivity index (χ1v) is 7.34. The minimum atomic E-state index is -4.54. The van der Waals surface area contributed by atoms with Crippen LogP contribution in [0.1, 0.15) is 20.3 Å². The average molecular weight is 305 g/mol. The van der Waals surface area contributed by atoms with E-state index in [0.29, 0.717) is 17.3 Å². The first-order chi connectivity index (χ1) is 8.47. The molecule has 0 aliphatic heterocycles. The Labute approximate surface area is 112 Å². The third kappa shape index (κ3) is 7.71. The van der Waals surface area contributed by atoms with Gasteiger partial charge in [0.1, 0.15) is 6.54 Å². The first-order valence-electron chi connectivity index (χ1n) is 5.94. The Balaban J connectivity index is 4.32. The van der Waals surface area contributed by atoms with Crippen LogP contribution in [-0.2, 0) is 10.2 Å². The molecule has 0 aliphatic rings. The molecule has 9 heteroatoms. The summed E-state index contributed by atoms with van der Waals surface area (Å²) in [6.45, 7) is 3.21. The highest BCUT2D eigenvalue weighted by molar-refractivity contribution is 7.86. The molecular weight excluding hydrogens is 283 g/mol. The monoisotopic (exact) mass is 305 g/mol. The largest absolute Gasteiger partial charge is 0.402 e. The van der Waals surface area contributed by atoms with Gasteiger partial charge in [-0.15, -0.1) is 0 Å². The van der Waals surface area contributed by atoms with Crippen LogP contribution in [0.25, 0.3) is 0 Å². The lowest BCUT2D eigenvalue weighted by atomic mass is 10.3. The normalized spacial score (nSPS) is 13.8. The van der Waals surface area contributed by atoms with Crippen molar-refractivity contribution in [1.82, 2.24) is 13.9 Å². The summed E-state index contributed by atoms with van der Waals surface area (Å²) >= 11 is 0. The van der Waals surface area contributed by atoms with Crippen molar-refractivity contribution in [2.24, 2.45) is 0 Å². The van der Waals surface area contributed by atoms with E-state index in [1.54, 1.807) is 0 Å². The van der Waals surface area contributed by atoms with Gasteiger partial charge >= 0.3 is 6.18 Å². The predicted molar refractivity (Wildman–Crippen MR) is 68.0 cm³/mol. The molecule has 116 valence electrons. The number of alkyl halides is 3. The van der Waals surface area contributed by atoms with Gasteiger partial charge in [-0.2, -0.15) is 30.2 Å². The van der Waals surface area contributed by atoms with Crippen LogP contribution in [0.2, 0.25) is 0 Å². The summed E-state index contributed by atoms with van der Waals surface area (Å²) in [4.78, 5) is 0. The maximum absolute atomic E-state index is 12.2. The fraction of sp³-hybridized carbons (Fsp3) is 1.00. The van der Waals surface area contributed by atoms with Gasteiger partial charge in [0.15, 0.2) is 0 Å². The van der Waals surface area contributed by atoms with Gasteiger partial charge in [-0.25, -0.2) is 0 Å². The van der Waals surface area contributed by atoms with Gasteiger partial charge in [0.2, 0.25) is 0 Å². The van der Waals surface area contributed by atoms with Gasteiger partial charge in [0, 0.05) is 26.7 Å². The SMILES string of the molecule is CC(C)NCCCN(C)S(=O)(=O)N(C)CC(F)(F)F. The zero-order valence-corrected chi connectivity index (χ0v) is 12.5. The van der Waals surface area contributed by atoms with Crippen LogP contribution in [0, 0.1) is 0 Å². The van der Waals surface area contributed by atoms with Crippen LogP contribution in [0.15, 0.2) is 0 Å². The number of halogens is 3. The Kier molecular flexibility index (Phi) is 7.27. The number of rotatable bonds is 8. The average Bonchev–Trinajstić information content (AvgIpc) is 2.21. The minimum absolute atomic E-state index is 0.171. The molecule has 0 saturated carbocycles. The van der Waals surface area contributed by atoms with Crippen molar-refractivity contribution in [3.05, 3.63) is 0 Å². The molecule has 1 N–H and O–H groups in total. The second kappa shape index (κ2) is 7.41. The van der Waals surface area contributed by atoms with Gasteiger partial charge in [-0.05, 0) is 13.0 Å². The first kappa shape index (κ1) is 18.6. The highest BCUT2D eigenvalue weighted by Crippen LogP contribution is 2.18. The van der Waals surface area contributed by atoms with Gasteiger partial charge in [0.05, 0.1) is 0 Å². The maximum atomic E-state index is 12.2. The van der Waals surface area contributed by atoms with Crippen LogP contribution in [0.3, 0.4) is 0 Å². The van der Waals surface area contributed by atoms with E-state index >= 15 is 0 Å². The number of nitrogens with zero attached hydrogens (tertiary/aromatic N) is 2. The number of hydrogen-bond donors (Lipinski definition) is 1. The molecule has 0 unspecified atom stereocenters. The third-order valence-electron chi connectivity index (χ3n) is 2.39. The molecule has 0 rings (SSSR count). The van der Waals surface area contributed by atoms with E-state index < -0.39 is 22.9 Å². The fourth-order valence-electron chi connectivity index (χ4n) is 1.38. The zero-order chi connectivity index (χ0) is 15.3. The summed E-state index contributed by atoms with van der Waals surface area (Å²) in [5.41, 5.74) is 0. The van der Waals surface area contributed by atoms with Crippen molar-refractivity contribution in [2.45, 2.75) is 32.5 Å². The lowest BCUT2D eigenvalue weighted by molar-refractivity contribution is -0.134. The molecular formula is C10H22F3N3O2S. The standard InChI is InChI=1S/C10H22F3N3O2S/c1-9(2)14-6-5-7-15(3)19(17,18)16(4)8-10(11,12)13/h9,14H,5-8H2,1-4H3. The summed E-state index contributed by atoms with van der Waals surface area (Å²) in [6, 6.07) is 0.287. The Hall–Kier alpha value is -0.380. The molecule has 0 bridgehead atoms. The molecule has 0 heterocycles. The van der Waals surface area contributed by atoms with Crippen molar-refractivity contribution in [1.29, 1.82) is 0 Å². The molecule has 0 saturated heterocycles. The molecule has 5 nitrogen and oxygen atoms in total. The second-order valence-corrected chi connectivity index (χ2v) is 6.81. The number of nitrogens with one attached hydrogen (secondary N) is 1. The van der Waals surface area contributed by atoms with E-state index in [1.807, 2.05) is 13.8 Å². The van der Waals surface area contributed by atoms with Crippen molar-refractivity contribution >= 4 is 10.2 Å². The summed E-state index contributed by atoms with van der Waals surface area (Å²) in [7, 11) is -1.86. The molecule has 0 fully saturated rings. The molecule has 0 aromatic rings. The van der Waals surface area contributed by atoms with E-state index in [1.165, 1.54) is 7.05 Å². The predicted octanol–water partition coefficient (Wildman–Crippen LogP) is 1.05.